The van der Waals surface area contributed by atoms with Crippen LogP contribution in [0.3, 0.4) is 0 Å². The second-order valence-corrected chi connectivity index (χ2v) is 4.02. The Morgan fingerprint density at radius 1 is 1.40 bits per heavy atom. The molecule has 0 saturated carbocycles. The van der Waals surface area contributed by atoms with Crippen LogP contribution in [0.1, 0.15) is 5.56 Å². The molecule has 0 heterocycles. The van der Waals surface area contributed by atoms with Crippen LogP contribution in [0.4, 0.5) is 0 Å². The van der Waals surface area contributed by atoms with Crippen molar-refractivity contribution in [1.29, 1.82) is 0 Å². The molecule has 0 spiro atoms. The standard InChI is InChI=1S/C11H17ClN2O/c1-14(2)5-6-15-10-4-3-9(8-13)11(12)7-10/h3-4,7H,5-6,8,13H2,1-2H3. The summed E-state index contributed by atoms with van der Waals surface area (Å²) in [5.41, 5.74) is 6.45. The summed E-state index contributed by atoms with van der Waals surface area (Å²) in [5.74, 6) is 0.791. The fourth-order valence-electron chi connectivity index (χ4n) is 1.13. The third-order valence-corrected chi connectivity index (χ3v) is 2.40. The quantitative estimate of drug-likeness (QED) is 0.835. The van der Waals surface area contributed by atoms with Gasteiger partial charge in [-0.3, -0.25) is 0 Å². The van der Waals surface area contributed by atoms with E-state index in [1.807, 2.05) is 26.2 Å². The molecule has 0 aliphatic rings. The lowest BCUT2D eigenvalue weighted by molar-refractivity contribution is 0.261. The number of hydrogen-bond donors (Lipinski definition) is 1. The summed E-state index contributed by atoms with van der Waals surface area (Å²) < 4.78 is 5.53. The Hall–Kier alpha value is -0.770. The molecule has 0 fully saturated rings. The van der Waals surface area contributed by atoms with E-state index >= 15 is 0 Å². The Bertz CT molecular complexity index is 315. The van der Waals surface area contributed by atoms with Crippen molar-refractivity contribution < 1.29 is 4.74 Å². The number of benzene rings is 1. The summed E-state index contributed by atoms with van der Waals surface area (Å²) in [6.45, 7) is 2.00. The summed E-state index contributed by atoms with van der Waals surface area (Å²) in [6, 6.07) is 5.59. The predicted octanol–water partition coefficient (Wildman–Crippen LogP) is 1.74. The van der Waals surface area contributed by atoms with Gasteiger partial charge < -0.3 is 15.4 Å². The van der Waals surface area contributed by atoms with Gasteiger partial charge in [-0.1, -0.05) is 17.7 Å². The van der Waals surface area contributed by atoms with Crippen LogP contribution in [-0.4, -0.2) is 32.1 Å². The number of halogens is 1. The summed E-state index contributed by atoms with van der Waals surface area (Å²) in [4.78, 5) is 2.07. The van der Waals surface area contributed by atoms with Crippen LogP contribution in [-0.2, 0) is 6.54 Å². The SMILES string of the molecule is CN(C)CCOc1ccc(CN)c(Cl)c1. The molecule has 0 aromatic heterocycles. The van der Waals surface area contributed by atoms with Gasteiger partial charge in [-0.25, -0.2) is 0 Å². The van der Waals surface area contributed by atoms with Crippen molar-refractivity contribution in [2.45, 2.75) is 6.54 Å². The molecule has 2 N–H and O–H groups in total. The highest BCUT2D eigenvalue weighted by atomic mass is 35.5. The van der Waals surface area contributed by atoms with Crippen LogP contribution in [0, 0.1) is 0 Å². The van der Waals surface area contributed by atoms with Crippen LogP contribution in [0.5, 0.6) is 5.75 Å². The Labute approximate surface area is 95.8 Å². The number of nitrogens with zero attached hydrogens (tertiary/aromatic N) is 1. The lowest BCUT2D eigenvalue weighted by Crippen LogP contribution is -2.19. The molecule has 1 aromatic carbocycles. The first kappa shape index (κ1) is 12.3. The molecule has 0 amide bonds. The van der Waals surface area contributed by atoms with E-state index in [0.717, 1.165) is 17.9 Å². The molecule has 0 bridgehead atoms. The Morgan fingerprint density at radius 2 is 2.13 bits per heavy atom. The Balaban J connectivity index is 2.52. The number of hydrogen-bond acceptors (Lipinski definition) is 3. The molecule has 4 heteroatoms. The van der Waals surface area contributed by atoms with Crippen LogP contribution in [0.2, 0.25) is 5.02 Å². The maximum absolute atomic E-state index is 6.00. The van der Waals surface area contributed by atoms with Gasteiger partial charge in [0, 0.05) is 18.1 Å². The van der Waals surface area contributed by atoms with Gasteiger partial charge in [-0.2, -0.15) is 0 Å². The summed E-state index contributed by atoms with van der Waals surface area (Å²) in [5, 5.41) is 0.667. The highest BCUT2D eigenvalue weighted by molar-refractivity contribution is 6.31. The van der Waals surface area contributed by atoms with Crippen LogP contribution >= 0.6 is 11.6 Å². The van der Waals surface area contributed by atoms with Crippen LogP contribution in [0.15, 0.2) is 18.2 Å². The van der Waals surface area contributed by atoms with Crippen molar-refractivity contribution in [3.8, 4) is 5.75 Å². The van der Waals surface area contributed by atoms with E-state index in [1.165, 1.54) is 0 Å². The van der Waals surface area contributed by atoms with E-state index in [9.17, 15) is 0 Å². The van der Waals surface area contributed by atoms with Crippen molar-refractivity contribution >= 4 is 11.6 Å². The van der Waals surface area contributed by atoms with Gasteiger partial charge in [0.15, 0.2) is 0 Å². The average molecular weight is 229 g/mol. The minimum Gasteiger partial charge on any atom is -0.492 e. The molecule has 3 nitrogen and oxygen atoms in total. The maximum Gasteiger partial charge on any atom is 0.120 e. The summed E-state index contributed by atoms with van der Waals surface area (Å²) in [7, 11) is 4.02. The molecular weight excluding hydrogens is 212 g/mol. The third-order valence-electron chi connectivity index (χ3n) is 2.05. The second kappa shape index (κ2) is 5.95. The zero-order valence-corrected chi connectivity index (χ0v) is 9.92. The van der Waals surface area contributed by atoms with E-state index in [4.69, 9.17) is 22.1 Å². The van der Waals surface area contributed by atoms with Crippen LogP contribution < -0.4 is 10.5 Å². The number of nitrogens with two attached hydrogens (primary N) is 1. The molecule has 1 rings (SSSR count). The van der Waals surface area contributed by atoms with Crippen molar-refractivity contribution in [3.05, 3.63) is 28.8 Å². The van der Waals surface area contributed by atoms with Crippen molar-refractivity contribution in [3.63, 3.8) is 0 Å². The topological polar surface area (TPSA) is 38.5 Å². The highest BCUT2D eigenvalue weighted by Gasteiger charge is 2.01. The molecule has 0 saturated heterocycles. The van der Waals surface area contributed by atoms with Crippen molar-refractivity contribution in [1.82, 2.24) is 4.90 Å². The van der Waals surface area contributed by atoms with Crippen LogP contribution in [0.25, 0.3) is 0 Å². The van der Waals surface area contributed by atoms with Crippen molar-refractivity contribution in [2.75, 3.05) is 27.2 Å². The van der Waals surface area contributed by atoms with Gasteiger partial charge in [0.1, 0.15) is 12.4 Å². The van der Waals surface area contributed by atoms with Gasteiger partial charge in [0.05, 0.1) is 0 Å². The maximum atomic E-state index is 6.00. The largest absolute Gasteiger partial charge is 0.492 e. The lowest BCUT2D eigenvalue weighted by atomic mass is 10.2. The van der Waals surface area contributed by atoms with Gasteiger partial charge >= 0.3 is 0 Å². The zero-order chi connectivity index (χ0) is 11.3. The van der Waals surface area contributed by atoms with E-state index in [0.29, 0.717) is 18.2 Å². The molecule has 0 unspecified atom stereocenters. The molecule has 0 atom stereocenters. The zero-order valence-electron chi connectivity index (χ0n) is 9.16. The summed E-state index contributed by atoms with van der Waals surface area (Å²) in [6.07, 6.45) is 0. The molecule has 1 aromatic rings. The first-order valence-electron chi connectivity index (χ1n) is 4.89. The summed E-state index contributed by atoms with van der Waals surface area (Å²) >= 11 is 6.00. The molecule has 15 heavy (non-hydrogen) atoms. The first-order valence-corrected chi connectivity index (χ1v) is 5.27. The number of rotatable bonds is 5. The van der Waals surface area contributed by atoms with Gasteiger partial charge in [0.2, 0.25) is 0 Å². The van der Waals surface area contributed by atoms with E-state index in [2.05, 4.69) is 4.90 Å². The average Bonchev–Trinajstić information content (AvgIpc) is 2.17. The molecule has 0 aliphatic heterocycles. The van der Waals surface area contributed by atoms with E-state index < -0.39 is 0 Å². The Morgan fingerprint density at radius 3 is 2.67 bits per heavy atom. The smallest absolute Gasteiger partial charge is 0.120 e. The molecule has 0 radical (unpaired) electrons. The van der Waals surface area contributed by atoms with E-state index in [-0.39, 0.29) is 0 Å². The minimum absolute atomic E-state index is 0.455. The number of ether oxygens (including phenoxy) is 1. The second-order valence-electron chi connectivity index (χ2n) is 3.61. The molecule has 84 valence electrons. The lowest BCUT2D eigenvalue weighted by Gasteiger charge is -2.11. The van der Waals surface area contributed by atoms with Gasteiger partial charge in [-0.05, 0) is 31.8 Å². The van der Waals surface area contributed by atoms with E-state index in [1.54, 1.807) is 6.07 Å². The fraction of sp³-hybridized carbons (Fsp3) is 0.455. The Kier molecular flexibility index (Phi) is 4.88. The van der Waals surface area contributed by atoms with Crippen molar-refractivity contribution in [2.24, 2.45) is 5.73 Å². The van der Waals surface area contributed by atoms with Gasteiger partial charge in [-0.15, -0.1) is 0 Å². The predicted molar refractivity (Wildman–Crippen MR) is 63.4 cm³/mol. The number of likely N-dealkylation sites (N-methyl/N-ethyl adjacent to an activating group) is 1. The third kappa shape index (κ3) is 4.08. The molecule has 0 aliphatic carbocycles. The monoisotopic (exact) mass is 228 g/mol. The normalized spacial score (nSPS) is 10.7. The van der Waals surface area contributed by atoms with Gasteiger partial charge in [0.25, 0.3) is 0 Å². The highest BCUT2D eigenvalue weighted by Crippen LogP contribution is 2.22. The molecular formula is C11H17ClN2O. The first-order chi connectivity index (χ1) is 7.13. The minimum atomic E-state index is 0.455. The fourth-order valence-corrected chi connectivity index (χ4v) is 1.38.